The predicted molar refractivity (Wildman–Crippen MR) is 47.5 cm³/mol. The van der Waals surface area contributed by atoms with Crippen LogP contribution in [0.15, 0.2) is 0 Å². The number of rotatable bonds is 0. The molecule has 0 aromatic rings. The average Bonchev–Trinajstić information content (AvgIpc) is 1.19. The zero-order valence-electron chi connectivity index (χ0n) is 4.55. The fourth-order valence-corrected chi connectivity index (χ4v) is 0. The van der Waals surface area contributed by atoms with E-state index in [1.165, 1.54) is 0 Å². The van der Waals surface area contributed by atoms with Crippen LogP contribution < -0.4 is 0 Å². The summed E-state index contributed by atoms with van der Waals surface area (Å²) < 4.78 is 8.88. The number of hydrogen-bond donors (Lipinski definition) is 4. The molecular formula is C2H13Al2O6P. The van der Waals surface area contributed by atoms with Crippen LogP contribution in [0.1, 0.15) is 6.92 Å². The molecule has 0 amide bonds. The molecule has 9 heteroatoms. The van der Waals surface area contributed by atoms with Crippen LogP contribution in [0.3, 0.4) is 0 Å². The van der Waals surface area contributed by atoms with Gasteiger partial charge in [0, 0.05) is 6.92 Å². The van der Waals surface area contributed by atoms with Crippen molar-refractivity contribution in [1.82, 2.24) is 0 Å². The van der Waals surface area contributed by atoms with Gasteiger partial charge in [0.05, 0.1) is 0 Å². The van der Waals surface area contributed by atoms with Gasteiger partial charge in [0.25, 0.3) is 5.97 Å². The highest BCUT2D eigenvalue weighted by molar-refractivity contribution is 7.45. The van der Waals surface area contributed by atoms with Gasteiger partial charge in [-0.25, -0.2) is 4.57 Å². The Morgan fingerprint density at radius 2 is 1.18 bits per heavy atom. The van der Waals surface area contributed by atoms with Crippen molar-refractivity contribution in [2.75, 3.05) is 0 Å². The number of carboxylic acid groups (broad SMARTS) is 1. The molecule has 0 unspecified atom stereocenters. The quantitative estimate of drug-likeness (QED) is 0.251. The lowest BCUT2D eigenvalue weighted by Gasteiger charge is -1.82. The summed E-state index contributed by atoms with van der Waals surface area (Å²) in [6.07, 6.45) is 0. The molecule has 0 aliphatic heterocycles. The minimum atomic E-state index is -4.64. The van der Waals surface area contributed by atoms with Crippen molar-refractivity contribution in [3.63, 3.8) is 0 Å². The zero-order valence-corrected chi connectivity index (χ0v) is 5.45. The van der Waals surface area contributed by atoms with E-state index in [1.54, 1.807) is 0 Å². The first-order valence-electron chi connectivity index (χ1n) is 1.71. The second-order valence-corrected chi connectivity index (χ2v) is 2.06. The molecule has 0 saturated carbocycles. The van der Waals surface area contributed by atoms with Crippen LogP contribution in [0.25, 0.3) is 0 Å². The zero-order chi connectivity index (χ0) is 8.08. The number of carboxylic acids is 1. The Bertz CT molecular complexity index is 118. The van der Waals surface area contributed by atoms with Crippen LogP contribution in [-0.4, -0.2) is 60.5 Å². The van der Waals surface area contributed by atoms with E-state index < -0.39 is 13.8 Å². The highest BCUT2D eigenvalue weighted by Gasteiger charge is 2.00. The highest BCUT2D eigenvalue weighted by Crippen LogP contribution is 2.25. The molecule has 0 atom stereocenters. The van der Waals surface area contributed by atoms with Crippen LogP contribution in [0, 0.1) is 0 Å². The van der Waals surface area contributed by atoms with Crippen LogP contribution in [-0.2, 0) is 9.36 Å². The molecule has 0 aromatic carbocycles. The van der Waals surface area contributed by atoms with Gasteiger partial charge in [-0.2, -0.15) is 0 Å². The molecule has 0 rings (SSSR count). The van der Waals surface area contributed by atoms with Gasteiger partial charge in [-0.15, -0.1) is 0 Å². The minimum Gasteiger partial charge on any atom is -0.481 e. The van der Waals surface area contributed by atoms with Gasteiger partial charge in [-0.3, -0.25) is 4.79 Å². The maximum atomic E-state index is 9.00. The summed E-state index contributed by atoms with van der Waals surface area (Å²) in [6, 6.07) is 0. The molecule has 0 spiro atoms. The predicted octanol–water partition coefficient (Wildman–Crippen LogP) is -3.21. The average molecular weight is 218 g/mol. The molecule has 0 aliphatic carbocycles. The van der Waals surface area contributed by atoms with Gasteiger partial charge < -0.3 is 19.8 Å². The largest absolute Gasteiger partial charge is 0.481 e. The van der Waals surface area contributed by atoms with Crippen LogP contribution in [0.2, 0.25) is 0 Å². The van der Waals surface area contributed by atoms with Gasteiger partial charge in [-0.1, -0.05) is 0 Å². The molecule has 0 radical (unpaired) electrons. The number of aliphatic carboxylic acids is 1. The molecule has 4 N–H and O–H groups in total. The Kier molecular flexibility index (Phi) is 21.8. The molecule has 0 bridgehead atoms. The van der Waals surface area contributed by atoms with Crippen molar-refractivity contribution in [1.29, 1.82) is 0 Å². The van der Waals surface area contributed by atoms with Gasteiger partial charge in [0.1, 0.15) is 0 Å². The van der Waals surface area contributed by atoms with Crippen LogP contribution in [0.5, 0.6) is 0 Å². The van der Waals surface area contributed by atoms with Gasteiger partial charge >= 0.3 is 7.82 Å². The van der Waals surface area contributed by atoms with Gasteiger partial charge in [0.2, 0.25) is 0 Å². The summed E-state index contributed by atoms with van der Waals surface area (Å²) in [7, 11) is -4.64. The van der Waals surface area contributed by atoms with Crippen molar-refractivity contribution in [3.05, 3.63) is 0 Å². The van der Waals surface area contributed by atoms with Crippen molar-refractivity contribution in [3.8, 4) is 0 Å². The third-order valence-electron chi connectivity index (χ3n) is 0. The van der Waals surface area contributed by atoms with E-state index in [0.717, 1.165) is 6.92 Å². The third kappa shape index (κ3) is 1910. The van der Waals surface area contributed by atoms with Crippen LogP contribution in [0.4, 0.5) is 0 Å². The fourth-order valence-electron chi connectivity index (χ4n) is 0. The van der Waals surface area contributed by atoms with Crippen molar-refractivity contribution in [2.45, 2.75) is 6.92 Å². The summed E-state index contributed by atoms with van der Waals surface area (Å²) in [5, 5.41) is 7.42. The Morgan fingerprint density at radius 3 is 1.18 bits per heavy atom. The van der Waals surface area contributed by atoms with Crippen molar-refractivity contribution < 1.29 is 29.1 Å². The van der Waals surface area contributed by atoms with E-state index in [0.29, 0.717) is 0 Å². The van der Waals surface area contributed by atoms with E-state index in [1.807, 2.05) is 0 Å². The van der Waals surface area contributed by atoms with Crippen LogP contribution >= 0.6 is 7.82 Å². The molecule has 0 aliphatic rings. The van der Waals surface area contributed by atoms with E-state index >= 15 is 0 Å². The number of carbonyl (C=O) groups is 1. The second kappa shape index (κ2) is 10.6. The normalized spacial score (nSPS) is 7.64. The Hall–Kier alpha value is 0.645. The maximum absolute atomic E-state index is 9.00. The number of hydrogen-bond acceptors (Lipinski definition) is 2. The maximum Gasteiger partial charge on any atom is 0.466 e. The second-order valence-electron chi connectivity index (χ2n) is 1.03. The molecule has 0 heterocycles. The minimum absolute atomic E-state index is 0. The lowest BCUT2D eigenvalue weighted by Crippen LogP contribution is -1.78. The molecule has 6 nitrogen and oxygen atoms in total. The summed E-state index contributed by atoms with van der Waals surface area (Å²) in [5.41, 5.74) is 0. The van der Waals surface area contributed by atoms with Crippen molar-refractivity contribution in [2.24, 2.45) is 0 Å². The molecule has 68 valence electrons. The fraction of sp³-hybridized carbons (Fsp3) is 0.500. The summed E-state index contributed by atoms with van der Waals surface area (Å²) in [5.74, 6) is -0.833. The monoisotopic (exact) mass is 218 g/mol. The standard InChI is InChI=1S/C2H4O2.2Al.H3O4P.6H/c1-2(3)4;;;1-5(2,3)4;;;;;;/h1H3,(H,3,4);;;(H3,1,2,3,4);;;;;;. The van der Waals surface area contributed by atoms with Crippen molar-refractivity contribution >= 4 is 48.5 Å². The first-order chi connectivity index (χ1) is 3.73. The lowest BCUT2D eigenvalue weighted by atomic mass is 10.9. The summed E-state index contributed by atoms with van der Waals surface area (Å²) in [4.78, 5) is 30.6. The van der Waals surface area contributed by atoms with E-state index in [4.69, 9.17) is 29.1 Å². The van der Waals surface area contributed by atoms with E-state index in [-0.39, 0.29) is 34.7 Å². The lowest BCUT2D eigenvalue weighted by molar-refractivity contribution is -0.134. The van der Waals surface area contributed by atoms with Gasteiger partial charge in [0.15, 0.2) is 34.7 Å². The first-order valence-corrected chi connectivity index (χ1v) is 3.28. The Balaban J connectivity index is -0.0000000383. The molecule has 0 fully saturated rings. The Labute approximate surface area is 84.7 Å². The van der Waals surface area contributed by atoms with E-state index in [2.05, 4.69) is 0 Å². The summed E-state index contributed by atoms with van der Waals surface area (Å²) in [6.45, 7) is 1.08. The summed E-state index contributed by atoms with van der Waals surface area (Å²) >= 11 is 0. The molecular weight excluding hydrogens is 205 g/mol. The molecule has 0 aromatic heterocycles. The molecule has 11 heavy (non-hydrogen) atoms. The Morgan fingerprint density at radius 1 is 1.18 bits per heavy atom. The number of phosphoric acid groups is 1. The van der Waals surface area contributed by atoms with E-state index in [9.17, 15) is 0 Å². The molecule has 0 saturated heterocycles. The SMILES string of the molecule is CC(=O)O.O=P(O)(O)O.[AlH3].[AlH3]. The third-order valence-corrected chi connectivity index (χ3v) is 0. The topological polar surface area (TPSA) is 115 Å². The highest BCUT2D eigenvalue weighted by atomic mass is 31.2. The van der Waals surface area contributed by atoms with Gasteiger partial charge in [-0.05, 0) is 0 Å². The first kappa shape index (κ1) is 22.6. The smallest absolute Gasteiger partial charge is 0.466 e.